The normalized spacial score (nSPS) is 17.9. The van der Waals surface area contributed by atoms with Crippen LogP contribution in [0.15, 0.2) is 4.99 Å². The van der Waals surface area contributed by atoms with Gasteiger partial charge in [0.15, 0.2) is 6.79 Å². The first-order valence-corrected chi connectivity index (χ1v) is 7.64. The first-order chi connectivity index (χ1) is 12.0. The fourth-order valence-electron chi connectivity index (χ4n) is 2.54. The number of urea groups is 1. The van der Waals surface area contributed by atoms with Crippen LogP contribution in [0.2, 0.25) is 0 Å². The number of nitrogens with two attached hydrogens (primary N) is 3. The molecule has 25 heavy (non-hydrogen) atoms. The van der Waals surface area contributed by atoms with Gasteiger partial charge in [0.2, 0.25) is 11.8 Å². The molecule has 0 radical (unpaired) electrons. The van der Waals surface area contributed by atoms with Crippen molar-refractivity contribution in [2.45, 2.75) is 25.3 Å². The van der Waals surface area contributed by atoms with E-state index in [1.807, 2.05) is 0 Å². The second kappa shape index (κ2) is 8.41. The van der Waals surface area contributed by atoms with E-state index >= 15 is 0 Å². The third-order valence-electron chi connectivity index (χ3n) is 3.64. The Bertz CT molecular complexity index is 630. The molecule has 0 fully saturated rings. The fraction of sp³-hybridized carbons (Fsp3) is 0.538. The van der Waals surface area contributed by atoms with Gasteiger partial charge in [-0.3, -0.25) is 5.43 Å². The maximum atomic E-state index is 11.6. The van der Waals surface area contributed by atoms with Crippen LogP contribution in [0.4, 0.5) is 22.4 Å². The molecule has 0 spiro atoms. The highest BCUT2D eigenvalue weighted by molar-refractivity contribution is 5.95. The Hall–Kier alpha value is -2.70. The number of aliphatic imine (C=N–C) groups is 1. The number of hydrogen-bond donors (Lipinski definition) is 6. The molecule has 9 N–H and O–H groups in total. The Morgan fingerprint density at radius 3 is 2.48 bits per heavy atom. The second-order valence-corrected chi connectivity index (χ2v) is 5.30. The van der Waals surface area contributed by atoms with Crippen molar-refractivity contribution in [2.24, 2.45) is 4.99 Å². The molecule has 2 amide bonds. The molecule has 0 aromatic carbocycles. The minimum absolute atomic E-state index is 0.0147. The SMILES string of the molecule is Nc1nc(N)c(CCC2C(OCO)=NC(=O)NN2CCCO)c(N)n1. The van der Waals surface area contributed by atoms with Gasteiger partial charge in [0.25, 0.3) is 0 Å². The lowest BCUT2D eigenvalue weighted by Crippen LogP contribution is -2.56. The zero-order valence-electron chi connectivity index (χ0n) is 13.6. The Labute approximate surface area is 143 Å². The number of aromatic nitrogens is 2. The Balaban J connectivity index is 2.19. The molecule has 1 aliphatic heterocycles. The van der Waals surface area contributed by atoms with Gasteiger partial charge in [-0.15, -0.1) is 0 Å². The molecular formula is C13H22N8O4. The standard InChI is InChI=1S/C13H22N8O4/c14-9-7(10(15)18-12(16)17-9)2-3-8-11(25-6-23)19-13(24)20-21(8)4-1-5-22/h8,22-23H,1-6H2,(H,20,24)(H6,14,15,16,17,18). The summed E-state index contributed by atoms with van der Waals surface area (Å²) in [7, 11) is 0. The van der Waals surface area contributed by atoms with Gasteiger partial charge in [-0.1, -0.05) is 0 Å². The molecule has 12 nitrogen and oxygen atoms in total. The molecular weight excluding hydrogens is 332 g/mol. The van der Waals surface area contributed by atoms with Crippen molar-refractivity contribution < 1.29 is 19.7 Å². The molecule has 138 valence electrons. The van der Waals surface area contributed by atoms with Crippen LogP contribution >= 0.6 is 0 Å². The highest BCUT2D eigenvalue weighted by atomic mass is 16.6. The maximum Gasteiger partial charge on any atom is 0.358 e. The van der Waals surface area contributed by atoms with Gasteiger partial charge in [0.05, 0.1) is 0 Å². The average Bonchev–Trinajstić information content (AvgIpc) is 2.53. The molecule has 0 saturated heterocycles. The Kier molecular flexibility index (Phi) is 6.27. The number of nitrogen functional groups attached to an aromatic ring is 3. The fourth-order valence-corrected chi connectivity index (χ4v) is 2.54. The smallest absolute Gasteiger partial charge is 0.358 e. The number of carbonyl (C=O) groups excluding carboxylic acids is 1. The number of aliphatic hydroxyl groups is 2. The van der Waals surface area contributed by atoms with Crippen molar-refractivity contribution >= 4 is 29.5 Å². The molecule has 1 unspecified atom stereocenters. The van der Waals surface area contributed by atoms with Gasteiger partial charge in [-0.05, 0) is 19.3 Å². The van der Waals surface area contributed by atoms with Crippen molar-refractivity contribution in [3.05, 3.63) is 5.56 Å². The number of nitrogens with zero attached hydrogens (tertiary/aromatic N) is 4. The van der Waals surface area contributed by atoms with E-state index in [0.29, 0.717) is 31.4 Å². The number of nitrogens with one attached hydrogen (secondary N) is 1. The van der Waals surface area contributed by atoms with Crippen molar-refractivity contribution in [3.63, 3.8) is 0 Å². The summed E-state index contributed by atoms with van der Waals surface area (Å²) in [5.74, 6) is 0.401. The predicted molar refractivity (Wildman–Crippen MR) is 89.9 cm³/mol. The summed E-state index contributed by atoms with van der Waals surface area (Å²) in [4.78, 5) is 23.2. The van der Waals surface area contributed by atoms with E-state index < -0.39 is 18.9 Å². The molecule has 12 heteroatoms. The van der Waals surface area contributed by atoms with Gasteiger partial charge in [-0.25, -0.2) is 9.80 Å². The highest BCUT2D eigenvalue weighted by Gasteiger charge is 2.32. The summed E-state index contributed by atoms with van der Waals surface area (Å²) in [5, 5.41) is 19.6. The highest BCUT2D eigenvalue weighted by Crippen LogP contribution is 2.22. The molecule has 1 atom stereocenters. The monoisotopic (exact) mass is 354 g/mol. The van der Waals surface area contributed by atoms with Crippen molar-refractivity contribution in [2.75, 3.05) is 37.1 Å². The molecule has 0 saturated carbocycles. The van der Waals surface area contributed by atoms with Crippen LogP contribution < -0.4 is 22.6 Å². The third kappa shape index (κ3) is 4.65. The van der Waals surface area contributed by atoms with Crippen LogP contribution in [0.5, 0.6) is 0 Å². The zero-order valence-corrected chi connectivity index (χ0v) is 13.6. The molecule has 0 bridgehead atoms. The number of amides is 2. The number of rotatable bonds is 7. The summed E-state index contributed by atoms with van der Waals surface area (Å²) in [6.07, 6.45) is 1.19. The van der Waals surface area contributed by atoms with Gasteiger partial charge in [0.1, 0.15) is 17.7 Å². The van der Waals surface area contributed by atoms with Crippen molar-refractivity contribution in [3.8, 4) is 0 Å². The van der Waals surface area contributed by atoms with E-state index in [9.17, 15) is 4.79 Å². The molecule has 1 aromatic rings. The lowest BCUT2D eigenvalue weighted by atomic mass is 10.0. The Morgan fingerprint density at radius 1 is 1.20 bits per heavy atom. The molecule has 1 aromatic heterocycles. The van der Waals surface area contributed by atoms with E-state index in [-0.39, 0.29) is 30.1 Å². The minimum Gasteiger partial charge on any atom is -0.453 e. The van der Waals surface area contributed by atoms with E-state index in [1.54, 1.807) is 5.01 Å². The van der Waals surface area contributed by atoms with E-state index in [4.69, 9.17) is 32.2 Å². The topological polar surface area (TPSA) is 198 Å². The first kappa shape index (κ1) is 18.6. The average molecular weight is 354 g/mol. The maximum absolute atomic E-state index is 11.6. The summed E-state index contributed by atoms with van der Waals surface area (Å²) in [6, 6.07) is -1.10. The number of anilines is 3. The Morgan fingerprint density at radius 2 is 1.88 bits per heavy atom. The molecule has 0 aliphatic carbocycles. The number of ether oxygens (including phenoxy) is 1. The van der Waals surface area contributed by atoms with Gasteiger partial charge < -0.3 is 32.2 Å². The first-order valence-electron chi connectivity index (χ1n) is 7.64. The lowest BCUT2D eigenvalue weighted by molar-refractivity contribution is 0.0605. The zero-order chi connectivity index (χ0) is 18.4. The van der Waals surface area contributed by atoms with Crippen LogP contribution in [-0.2, 0) is 11.2 Å². The largest absolute Gasteiger partial charge is 0.453 e. The minimum atomic E-state index is -0.619. The van der Waals surface area contributed by atoms with Crippen LogP contribution in [0, 0.1) is 0 Å². The summed E-state index contributed by atoms with van der Waals surface area (Å²) in [6.45, 7) is -0.298. The lowest BCUT2D eigenvalue weighted by Gasteiger charge is -2.34. The second-order valence-electron chi connectivity index (χ2n) is 5.30. The summed E-state index contributed by atoms with van der Waals surface area (Å²) in [5.41, 5.74) is 20.3. The van der Waals surface area contributed by atoms with Crippen LogP contribution in [0.3, 0.4) is 0 Å². The van der Waals surface area contributed by atoms with Crippen LogP contribution in [0.25, 0.3) is 0 Å². The summed E-state index contributed by atoms with van der Waals surface area (Å²) < 4.78 is 5.07. The van der Waals surface area contributed by atoms with Gasteiger partial charge >= 0.3 is 6.03 Å². The molecule has 2 rings (SSSR count). The van der Waals surface area contributed by atoms with Crippen LogP contribution in [-0.4, -0.2) is 63.1 Å². The predicted octanol–water partition coefficient (Wildman–Crippen LogP) is -1.79. The number of carbonyl (C=O) groups is 1. The quantitative estimate of drug-likeness (QED) is 0.304. The van der Waals surface area contributed by atoms with Gasteiger partial charge in [0, 0.05) is 18.7 Å². The molecule has 2 heterocycles. The number of aliphatic hydroxyl groups excluding tert-OH is 2. The van der Waals surface area contributed by atoms with Gasteiger partial charge in [-0.2, -0.15) is 15.0 Å². The van der Waals surface area contributed by atoms with E-state index in [0.717, 1.165) is 0 Å². The van der Waals surface area contributed by atoms with Crippen molar-refractivity contribution in [1.82, 2.24) is 20.4 Å². The summed E-state index contributed by atoms with van der Waals surface area (Å²) >= 11 is 0. The third-order valence-corrected chi connectivity index (χ3v) is 3.64. The number of hydrazine groups is 1. The number of hydrogen-bond acceptors (Lipinski definition) is 10. The molecule has 1 aliphatic rings. The van der Waals surface area contributed by atoms with E-state index in [1.165, 1.54) is 0 Å². The van der Waals surface area contributed by atoms with Crippen molar-refractivity contribution in [1.29, 1.82) is 0 Å². The van der Waals surface area contributed by atoms with E-state index in [2.05, 4.69) is 20.4 Å². The van der Waals surface area contributed by atoms with Crippen LogP contribution in [0.1, 0.15) is 18.4 Å².